The zero-order valence-electron chi connectivity index (χ0n) is 6.51. The van der Waals surface area contributed by atoms with Crippen LogP contribution in [0.25, 0.3) is 0 Å². The van der Waals surface area contributed by atoms with Gasteiger partial charge in [0.2, 0.25) is 0 Å². The Bertz CT molecular complexity index is 222. The molecule has 0 radical (unpaired) electrons. The van der Waals surface area contributed by atoms with Gasteiger partial charge in [0.25, 0.3) is 0 Å². The molecule has 0 aliphatic carbocycles. The van der Waals surface area contributed by atoms with Crippen LogP contribution in [0.5, 0.6) is 0 Å². The minimum atomic E-state index is -1.05. The molecule has 62 valence electrons. The second-order valence-corrected chi connectivity index (χ2v) is 2.49. The molecule has 0 aliphatic rings. The van der Waals surface area contributed by atoms with E-state index in [1.807, 2.05) is 0 Å². The lowest BCUT2D eigenvalue weighted by Gasteiger charge is -2.00. The van der Waals surface area contributed by atoms with Crippen LogP contribution in [0.4, 0.5) is 4.39 Å². The number of furan rings is 1. The Labute approximate surface area is 65.2 Å². The Morgan fingerprint density at radius 1 is 1.64 bits per heavy atom. The molecular weight excluding hydrogens is 145 g/mol. The molecule has 11 heavy (non-hydrogen) atoms. The van der Waals surface area contributed by atoms with Crippen LogP contribution in [0, 0.1) is 6.92 Å². The monoisotopic (exact) mass is 157 g/mol. The van der Waals surface area contributed by atoms with Crippen LogP contribution in [0.3, 0.4) is 0 Å². The van der Waals surface area contributed by atoms with Gasteiger partial charge in [-0.2, -0.15) is 0 Å². The molecule has 0 saturated carbocycles. The molecular formula is C8H12FNO. The normalized spacial score (nSPS) is 13.4. The highest BCUT2D eigenvalue weighted by atomic mass is 19.1. The van der Waals surface area contributed by atoms with Crippen molar-refractivity contribution in [1.29, 1.82) is 0 Å². The maximum Gasteiger partial charge on any atom is 0.159 e. The summed E-state index contributed by atoms with van der Waals surface area (Å²) in [5.41, 5.74) is 5.19. The highest BCUT2D eigenvalue weighted by Crippen LogP contribution is 2.22. The van der Waals surface area contributed by atoms with Gasteiger partial charge in [0.1, 0.15) is 11.5 Å². The number of rotatable bonds is 3. The van der Waals surface area contributed by atoms with Gasteiger partial charge in [-0.1, -0.05) is 0 Å². The number of hydrogen-bond acceptors (Lipinski definition) is 2. The van der Waals surface area contributed by atoms with Gasteiger partial charge in [0, 0.05) is 0 Å². The minimum absolute atomic E-state index is 0.326. The van der Waals surface area contributed by atoms with Gasteiger partial charge < -0.3 is 10.2 Å². The third-order valence-corrected chi connectivity index (χ3v) is 1.49. The summed E-state index contributed by atoms with van der Waals surface area (Å²) in [6, 6.07) is 3.40. The van der Waals surface area contributed by atoms with Gasteiger partial charge in [0.05, 0.1) is 0 Å². The molecule has 0 bridgehead atoms. The zero-order valence-corrected chi connectivity index (χ0v) is 6.51. The number of nitrogens with two attached hydrogens (primary N) is 1. The lowest BCUT2D eigenvalue weighted by Crippen LogP contribution is -2.02. The fourth-order valence-electron chi connectivity index (χ4n) is 0.910. The van der Waals surface area contributed by atoms with E-state index in [9.17, 15) is 4.39 Å². The Kier molecular flexibility index (Phi) is 2.65. The van der Waals surface area contributed by atoms with Crippen LogP contribution in [0.15, 0.2) is 16.5 Å². The molecule has 0 aliphatic heterocycles. The summed E-state index contributed by atoms with van der Waals surface area (Å²) in [4.78, 5) is 0. The summed E-state index contributed by atoms with van der Waals surface area (Å²) in [6.07, 6.45) is -0.721. The Morgan fingerprint density at radius 2 is 2.36 bits per heavy atom. The first-order valence-corrected chi connectivity index (χ1v) is 3.64. The molecule has 0 spiro atoms. The van der Waals surface area contributed by atoms with Crippen molar-refractivity contribution in [3.8, 4) is 0 Å². The third kappa shape index (κ3) is 2.05. The van der Waals surface area contributed by atoms with E-state index in [2.05, 4.69) is 0 Å². The number of alkyl halides is 1. The first-order chi connectivity index (χ1) is 5.24. The maximum atomic E-state index is 13.0. The predicted molar refractivity (Wildman–Crippen MR) is 41.0 cm³/mol. The fourth-order valence-corrected chi connectivity index (χ4v) is 0.910. The van der Waals surface area contributed by atoms with Gasteiger partial charge in [-0.15, -0.1) is 0 Å². The van der Waals surface area contributed by atoms with Crippen molar-refractivity contribution in [2.75, 3.05) is 6.54 Å². The molecule has 2 N–H and O–H groups in total. The van der Waals surface area contributed by atoms with Crippen LogP contribution >= 0.6 is 0 Å². The summed E-state index contributed by atoms with van der Waals surface area (Å²) >= 11 is 0. The van der Waals surface area contributed by atoms with Crippen molar-refractivity contribution in [2.45, 2.75) is 19.5 Å². The average Bonchev–Trinajstić information content (AvgIpc) is 2.36. The average molecular weight is 157 g/mol. The topological polar surface area (TPSA) is 39.2 Å². The number of halogens is 1. The highest BCUT2D eigenvalue weighted by Gasteiger charge is 2.11. The molecule has 1 rings (SSSR count). The predicted octanol–water partition coefficient (Wildman–Crippen LogP) is 1.95. The van der Waals surface area contributed by atoms with Crippen molar-refractivity contribution in [3.63, 3.8) is 0 Å². The van der Waals surface area contributed by atoms with Crippen LogP contribution < -0.4 is 5.73 Å². The standard InChI is InChI=1S/C8H12FNO/c1-6-2-3-8(11-6)7(9)4-5-10/h2-3,7H,4-5,10H2,1H3. The molecule has 1 aromatic heterocycles. The molecule has 0 saturated heterocycles. The zero-order chi connectivity index (χ0) is 8.27. The van der Waals surface area contributed by atoms with Gasteiger partial charge in [0.15, 0.2) is 6.17 Å². The lowest BCUT2D eigenvalue weighted by molar-refractivity contribution is 0.270. The van der Waals surface area contributed by atoms with Crippen molar-refractivity contribution in [3.05, 3.63) is 23.7 Å². The second kappa shape index (κ2) is 3.53. The van der Waals surface area contributed by atoms with E-state index in [0.29, 0.717) is 18.7 Å². The van der Waals surface area contributed by atoms with Gasteiger partial charge in [-0.25, -0.2) is 4.39 Å². The van der Waals surface area contributed by atoms with Gasteiger partial charge in [-0.05, 0) is 32.0 Å². The molecule has 1 unspecified atom stereocenters. The fraction of sp³-hybridized carbons (Fsp3) is 0.500. The van der Waals surface area contributed by atoms with E-state index in [0.717, 1.165) is 5.76 Å². The smallest absolute Gasteiger partial charge is 0.159 e. The highest BCUT2D eigenvalue weighted by molar-refractivity contribution is 5.07. The summed E-state index contributed by atoms with van der Waals surface area (Å²) in [6.45, 7) is 2.14. The Balaban J connectivity index is 2.60. The number of aryl methyl sites for hydroxylation is 1. The first kappa shape index (κ1) is 8.27. The van der Waals surface area contributed by atoms with Crippen LogP contribution in [-0.4, -0.2) is 6.54 Å². The SMILES string of the molecule is Cc1ccc(C(F)CCN)o1. The summed E-state index contributed by atoms with van der Waals surface area (Å²) in [7, 11) is 0. The second-order valence-electron chi connectivity index (χ2n) is 2.49. The first-order valence-electron chi connectivity index (χ1n) is 3.64. The third-order valence-electron chi connectivity index (χ3n) is 1.49. The van der Waals surface area contributed by atoms with Crippen molar-refractivity contribution >= 4 is 0 Å². The molecule has 0 aromatic carbocycles. The van der Waals surface area contributed by atoms with Crippen LogP contribution in [0.1, 0.15) is 24.1 Å². The van der Waals surface area contributed by atoms with Gasteiger partial charge in [-0.3, -0.25) is 0 Å². The summed E-state index contributed by atoms with van der Waals surface area (Å²) in [5.74, 6) is 1.12. The Hall–Kier alpha value is -0.830. The summed E-state index contributed by atoms with van der Waals surface area (Å²) < 4.78 is 18.0. The molecule has 0 fully saturated rings. The molecule has 3 heteroatoms. The van der Waals surface area contributed by atoms with Gasteiger partial charge >= 0.3 is 0 Å². The summed E-state index contributed by atoms with van der Waals surface area (Å²) in [5, 5.41) is 0. The van der Waals surface area contributed by atoms with E-state index in [1.54, 1.807) is 19.1 Å². The molecule has 1 atom stereocenters. The largest absolute Gasteiger partial charge is 0.463 e. The molecule has 1 heterocycles. The minimum Gasteiger partial charge on any atom is -0.463 e. The lowest BCUT2D eigenvalue weighted by atomic mass is 10.2. The van der Waals surface area contributed by atoms with Crippen molar-refractivity contribution in [1.82, 2.24) is 0 Å². The number of hydrogen-bond donors (Lipinski definition) is 1. The Morgan fingerprint density at radius 3 is 2.82 bits per heavy atom. The molecule has 1 aromatic rings. The van der Waals surface area contributed by atoms with E-state index in [4.69, 9.17) is 10.2 Å². The van der Waals surface area contributed by atoms with Crippen LogP contribution in [0.2, 0.25) is 0 Å². The van der Waals surface area contributed by atoms with Crippen molar-refractivity contribution < 1.29 is 8.81 Å². The van der Waals surface area contributed by atoms with Crippen molar-refractivity contribution in [2.24, 2.45) is 5.73 Å². The van der Waals surface area contributed by atoms with Crippen LogP contribution in [-0.2, 0) is 0 Å². The maximum absolute atomic E-state index is 13.0. The molecule has 2 nitrogen and oxygen atoms in total. The van der Waals surface area contributed by atoms with E-state index >= 15 is 0 Å². The quantitative estimate of drug-likeness (QED) is 0.728. The van der Waals surface area contributed by atoms with E-state index < -0.39 is 6.17 Å². The van der Waals surface area contributed by atoms with E-state index in [-0.39, 0.29) is 0 Å². The molecule has 0 amide bonds. The van der Waals surface area contributed by atoms with E-state index in [1.165, 1.54) is 0 Å².